The zero-order chi connectivity index (χ0) is 12.8. The van der Waals surface area contributed by atoms with Crippen molar-refractivity contribution in [3.8, 4) is 5.75 Å². The molecule has 1 unspecified atom stereocenters. The van der Waals surface area contributed by atoms with Crippen molar-refractivity contribution in [1.29, 1.82) is 0 Å². The molecule has 0 saturated carbocycles. The van der Waals surface area contributed by atoms with Crippen molar-refractivity contribution < 1.29 is 4.74 Å². The van der Waals surface area contributed by atoms with Crippen molar-refractivity contribution in [3.63, 3.8) is 0 Å². The Labute approximate surface area is 105 Å². The van der Waals surface area contributed by atoms with Gasteiger partial charge in [-0.1, -0.05) is 39.8 Å². The third-order valence-corrected chi connectivity index (χ3v) is 2.68. The maximum Gasteiger partial charge on any atom is 0.120 e. The lowest BCUT2D eigenvalue weighted by Crippen LogP contribution is -2.33. The minimum Gasteiger partial charge on any atom is -0.489 e. The molecule has 0 heterocycles. The van der Waals surface area contributed by atoms with Crippen molar-refractivity contribution in [2.45, 2.75) is 52.7 Å². The van der Waals surface area contributed by atoms with E-state index < -0.39 is 0 Å². The quantitative estimate of drug-likeness (QED) is 0.814. The Morgan fingerprint density at radius 1 is 1.12 bits per heavy atom. The highest BCUT2D eigenvalue weighted by Crippen LogP contribution is 2.20. The SMILES string of the molecule is CC(C)NCC(C)Oc1cccc(C(C)C)c1. The Morgan fingerprint density at radius 3 is 2.41 bits per heavy atom. The van der Waals surface area contributed by atoms with Crippen LogP contribution in [0.3, 0.4) is 0 Å². The molecule has 0 aliphatic rings. The first-order chi connectivity index (χ1) is 7.99. The molecule has 17 heavy (non-hydrogen) atoms. The van der Waals surface area contributed by atoms with Crippen molar-refractivity contribution in [2.24, 2.45) is 0 Å². The summed E-state index contributed by atoms with van der Waals surface area (Å²) in [6.45, 7) is 11.7. The molecular formula is C15H25NO. The monoisotopic (exact) mass is 235 g/mol. The van der Waals surface area contributed by atoms with Crippen LogP contribution in [0.5, 0.6) is 5.75 Å². The van der Waals surface area contributed by atoms with Gasteiger partial charge in [0.2, 0.25) is 0 Å². The van der Waals surface area contributed by atoms with Crippen molar-refractivity contribution in [3.05, 3.63) is 29.8 Å². The molecule has 0 aliphatic carbocycles. The normalized spacial score (nSPS) is 13.1. The van der Waals surface area contributed by atoms with E-state index in [1.54, 1.807) is 0 Å². The second-order valence-electron chi connectivity index (χ2n) is 5.22. The molecular weight excluding hydrogens is 210 g/mol. The van der Waals surface area contributed by atoms with E-state index in [4.69, 9.17) is 4.74 Å². The van der Waals surface area contributed by atoms with E-state index in [2.05, 4.69) is 58.1 Å². The highest BCUT2D eigenvalue weighted by Gasteiger charge is 2.06. The minimum atomic E-state index is 0.194. The van der Waals surface area contributed by atoms with Crippen LogP contribution < -0.4 is 10.1 Å². The molecule has 0 radical (unpaired) electrons. The highest BCUT2D eigenvalue weighted by atomic mass is 16.5. The lowest BCUT2D eigenvalue weighted by Gasteiger charge is -2.18. The van der Waals surface area contributed by atoms with E-state index in [1.165, 1.54) is 5.56 Å². The van der Waals surface area contributed by atoms with Gasteiger partial charge in [0, 0.05) is 12.6 Å². The lowest BCUT2D eigenvalue weighted by atomic mass is 10.0. The lowest BCUT2D eigenvalue weighted by molar-refractivity contribution is 0.213. The number of ether oxygens (including phenoxy) is 1. The molecule has 0 amide bonds. The van der Waals surface area contributed by atoms with Gasteiger partial charge in [0.05, 0.1) is 0 Å². The molecule has 1 aromatic carbocycles. The first-order valence-electron chi connectivity index (χ1n) is 6.49. The molecule has 0 fully saturated rings. The van der Waals surface area contributed by atoms with E-state index in [0.717, 1.165) is 12.3 Å². The standard InChI is InChI=1S/C15H25NO/c1-11(2)14-7-6-8-15(9-14)17-13(5)10-16-12(3)4/h6-9,11-13,16H,10H2,1-5H3. The molecule has 1 aromatic rings. The van der Waals surface area contributed by atoms with E-state index in [0.29, 0.717) is 12.0 Å². The highest BCUT2D eigenvalue weighted by molar-refractivity contribution is 5.30. The van der Waals surface area contributed by atoms with Crippen LogP contribution in [-0.4, -0.2) is 18.7 Å². The molecule has 2 nitrogen and oxygen atoms in total. The average molecular weight is 235 g/mol. The Balaban J connectivity index is 2.53. The van der Waals surface area contributed by atoms with Crippen molar-refractivity contribution in [2.75, 3.05) is 6.54 Å². The van der Waals surface area contributed by atoms with Crippen LogP contribution >= 0.6 is 0 Å². The van der Waals surface area contributed by atoms with Gasteiger partial charge in [-0.15, -0.1) is 0 Å². The van der Waals surface area contributed by atoms with Gasteiger partial charge in [0.25, 0.3) is 0 Å². The average Bonchev–Trinajstić information content (AvgIpc) is 2.26. The molecule has 0 aliphatic heterocycles. The summed E-state index contributed by atoms with van der Waals surface area (Å²) >= 11 is 0. The molecule has 0 aromatic heterocycles. The second kappa shape index (κ2) is 6.65. The van der Waals surface area contributed by atoms with Crippen molar-refractivity contribution >= 4 is 0 Å². The molecule has 1 rings (SSSR count). The van der Waals surface area contributed by atoms with Crippen LogP contribution in [0.4, 0.5) is 0 Å². The smallest absolute Gasteiger partial charge is 0.120 e. The zero-order valence-corrected chi connectivity index (χ0v) is 11.7. The summed E-state index contributed by atoms with van der Waals surface area (Å²) in [7, 11) is 0. The molecule has 0 saturated heterocycles. The number of hydrogen-bond donors (Lipinski definition) is 1. The predicted molar refractivity (Wildman–Crippen MR) is 73.8 cm³/mol. The van der Waals surface area contributed by atoms with E-state index in [1.807, 2.05) is 6.07 Å². The molecule has 1 N–H and O–H groups in total. The zero-order valence-electron chi connectivity index (χ0n) is 11.7. The van der Waals surface area contributed by atoms with Crippen LogP contribution in [0.2, 0.25) is 0 Å². The van der Waals surface area contributed by atoms with E-state index in [9.17, 15) is 0 Å². The summed E-state index contributed by atoms with van der Waals surface area (Å²) < 4.78 is 5.89. The molecule has 96 valence electrons. The van der Waals surface area contributed by atoms with Gasteiger partial charge in [0.1, 0.15) is 11.9 Å². The van der Waals surface area contributed by atoms with Crippen LogP contribution in [0.25, 0.3) is 0 Å². The fraction of sp³-hybridized carbons (Fsp3) is 0.600. The summed E-state index contributed by atoms with van der Waals surface area (Å²) in [6, 6.07) is 8.87. The number of hydrogen-bond acceptors (Lipinski definition) is 2. The van der Waals surface area contributed by atoms with Gasteiger partial charge in [-0.2, -0.15) is 0 Å². The first kappa shape index (κ1) is 14.0. The number of benzene rings is 1. The maximum atomic E-state index is 5.89. The second-order valence-corrected chi connectivity index (χ2v) is 5.22. The van der Waals surface area contributed by atoms with Gasteiger partial charge in [0.15, 0.2) is 0 Å². The van der Waals surface area contributed by atoms with Crippen molar-refractivity contribution in [1.82, 2.24) is 5.32 Å². The first-order valence-corrected chi connectivity index (χ1v) is 6.49. The predicted octanol–water partition coefficient (Wildman–Crippen LogP) is 3.58. The van der Waals surface area contributed by atoms with E-state index in [-0.39, 0.29) is 6.10 Å². The Kier molecular flexibility index (Phi) is 5.49. The van der Waals surface area contributed by atoms with Gasteiger partial charge in [-0.25, -0.2) is 0 Å². The largest absolute Gasteiger partial charge is 0.489 e. The molecule has 0 bridgehead atoms. The van der Waals surface area contributed by atoms with Crippen LogP contribution in [0.1, 0.15) is 46.1 Å². The number of rotatable bonds is 6. The maximum absolute atomic E-state index is 5.89. The van der Waals surface area contributed by atoms with Crippen LogP contribution in [-0.2, 0) is 0 Å². The Bertz CT molecular complexity index is 333. The van der Waals surface area contributed by atoms with Gasteiger partial charge in [-0.3, -0.25) is 0 Å². The summed E-state index contributed by atoms with van der Waals surface area (Å²) in [5, 5.41) is 3.38. The van der Waals surface area contributed by atoms with E-state index >= 15 is 0 Å². The summed E-state index contributed by atoms with van der Waals surface area (Å²) in [6.07, 6.45) is 0.194. The summed E-state index contributed by atoms with van der Waals surface area (Å²) in [5.74, 6) is 1.51. The van der Waals surface area contributed by atoms with Gasteiger partial charge >= 0.3 is 0 Å². The molecule has 1 atom stereocenters. The summed E-state index contributed by atoms with van der Waals surface area (Å²) in [5.41, 5.74) is 1.33. The Morgan fingerprint density at radius 2 is 1.82 bits per heavy atom. The minimum absolute atomic E-state index is 0.194. The van der Waals surface area contributed by atoms with Crippen LogP contribution in [0, 0.1) is 0 Å². The van der Waals surface area contributed by atoms with Gasteiger partial charge in [-0.05, 0) is 30.5 Å². The third kappa shape index (κ3) is 5.22. The topological polar surface area (TPSA) is 21.3 Å². The fourth-order valence-electron chi connectivity index (χ4n) is 1.62. The van der Waals surface area contributed by atoms with Gasteiger partial charge < -0.3 is 10.1 Å². The van der Waals surface area contributed by atoms with Crippen LogP contribution in [0.15, 0.2) is 24.3 Å². The molecule has 2 heteroatoms. The number of nitrogens with one attached hydrogen (secondary N) is 1. The molecule has 0 spiro atoms. The Hall–Kier alpha value is -1.02. The summed E-state index contributed by atoms with van der Waals surface area (Å²) in [4.78, 5) is 0. The fourth-order valence-corrected chi connectivity index (χ4v) is 1.62. The third-order valence-electron chi connectivity index (χ3n) is 2.68.